The molecule has 0 aliphatic rings. The Labute approximate surface area is 122 Å². The van der Waals surface area contributed by atoms with Gasteiger partial charge in [0, 0.05) is 0 Å². The summed E-state index contributed by atoms with van der Waals surface area (Å²) in [5, 5.41) is 0. The third-order valence-corrected chi connectivity index (χ3v) is 3.54. The van der Waals surface area contributed by atoms with Crippen LogP contribution in [0, 0.1) is 0 Å². The molecule has 0 aliphatic carbocycles. The zero-order chi connectivity index (χ0) is 14.2. The maximum Gasteiger partial charge on any atom is -0.0228 e. The Balaban J connectivity index is 1.97. The molecule has 102 valence electrons. The first-order chi connectivity index (χ1) is 9.81. The predicted octanol–water partition coefficient (Wildman–Crippen LogP) is 5.97. The molecule has 20 heavy (non-hydrogen) atoms. The molecule has 0 N–H and O–H groups in total. The van der Waals surface area contributed by atoms with Crippen LogP contribution in [-0.4, -0.2) is 0 Å². The lowest BCUT2D eigenvalue weighted by molar-refractivity contribution is 1.06. The molecule has 0 amide bonds. The van der Waals surface area contributed by atoms with Crippen LogP contribution >= 0.6 is 0 Å². The summed E-state index contributed by atoms with van der Waals surface area (Å²) >= 11 is 0. The summed E-state index contributed by atoms with van der Waals surface area (Å²) in [6, 6.07) is 21.1. The van der Waals surface area contributed by atoms with Crippen molar-refractivity contribution >= 4 is 11.1 Å². The fourth-order valence-electron chi connectivity index (χ4n) is 2.36. The Hall–Kier alpha value is -2.08. The molecule has 0 unspecified atom stereocenters. The van der Waals surface area contributed by atoms with E-state index < -0.39 is 0 Å². The summed E-state index contributed by atoms with van der Waals surface area (Å²) in [6.45, 7) is 6.40. The van der Waals surface area contributed by atoms with Gasteiger partial charge in [0.25, 0.3) is 0 Å². The number of rotatable bonds is 6. The molecule has 0 atom stereocenters. The molecule has 0 saturated heterocycles. The van der Waals surface area contributed by atoms with Crippen molar-refractivity contribution in [2.24, 2.45) is 0 Å². The van der Waals surface area contributed by atoms with Crippen molar-refractivity contribution < 1.29 is 0 Å². The van der Waals surface area contributed by atoms with Gasteiger partial charge in [0.1, 0.15) is 0 Å². The lowest BCUT2D eigenvalue weighted by Gasteiger charge is -2.07. The van der Waals surface area contributed by atoms with Crippen molar-refractivity contribution in [3.63, 3.8) is 0 Å². The molecule has 0 saturated carbocycles. The van der Waals surface area contributed by atoms with E-state index >= 15 is 0 Å². The number of allylic oxidation sites excluding steroid dienone is 3. The van der Waals surface area contributed by atoms with Crippen LogP contribution in [0.25, 0.3) is 11.1 Å². The van der Waals surface area contributed by atoms with Crippen molar-refractivity contribution in [3.05, 3.63) is 84.4 Å². The average molecular weight is 262 g/mol. The molecule has 0 heterocycles. The Morgan fingerprint density at radius 2 is 1.45 bits per heavy atom. The third kappa shape index (κ3) is 3.96. The first kappa shape index (κ1) is 14.3. The first-order valence-corrected chi connectivity index (χ1v) is 7.29. The topological polar surface area (TPSA) is 0 Å². The van der Waals surface area contributed by atoms with Gasteiger partial charge in [0.15, 0.2) is 0 Å². The predicted molar refractivity (Wildman–Crippen MR) is 89.4 cm³/mol. The molecular formula is C20H22. The van der Waals surface area contributed by atoms with Crippen LogP contribution in [-0.2, 0) is 0 Å². The molecule has 2 aromatic carbocycles. The number of benzene rings is 2. The van der Waals surface area contributed by atoms with E-state index in [2.05, 4.69) is 74.2 Å². The van der Waals surface area contributed by atoms with E-state index in [1.54, 1.807) is 0 Å². The number of hydrogen-bond acceptors (Lipinski definition) is 0. The quantitative estimate of drug-likeness (QED) is 0.601. The molecule has 2 aromatic rings. The van der Waals surface area contributed by atoms with E-state index in [1.807, 2.05) is 6.07 Å². The summed E-state index contributed by atoms with van der Waals surface area (Å²) in [5.41, 5.74) is 5.22. The molecule has 2 rings (SSSR count). The minimum atomic E-state index is 1.01. The van der Waals surface area contributed by atoms with Crippen LogP contribution in [0.4, 0.5) is 0 Å². The third-order valence-electron chi connectivity index (χ3n) is 3.54. The second kappa shape index (κ2) is 7.49. The summed E-state index contributed by atoms with van der Waals surface area (Å²) in [6.07, 6.45) is 5.48. The molecule has 0 bridgehead atoms. The Morgan fingerprint density at radius 3 is 2.00 bits per heavy atom. The Bertz CT molecular complexity index is 562. The highest BCUT2D eigenvalue weighted by atomic mass is 14.0. The maximum atomic E-state index is 4.19. The van der Waals surface area contributed by atoms with Gasteiger partial charge in [0.05, 0.1) is 0 Å². The molecule has 0 heteroatoms. The molecule has 0 nitrogen and oxygen atoms in total. The van der Waals surface area contributed by atoms with Crippen LogP contribution in [0.2, 0.25) is 0 Å². The zero-order valence-corrected chi connectivity index (χ0v) is 12.2. The molecule has 0 aromatic heterocycles. The molecule has 0 spiro atoms. The zero-order valence-electron chi connectivity index (χ0n) is 12.2. The van der Waals surface area contributed by atoms with Gasteiger partial charge in [-0.15, -0.1) is 0 Å². The van der Waals surface area contributed by atoms with Gasteiger partial charge < -0.3 is 0 Å². The van der Waals surface area contributed by atoms with Gasteiger partial charge in [-0.1, -0.05) is 80.2 Å². The lowest BCUT2D eigenvalue weighted by Crippen LogP contribution is -1.85. The van der Waals surface area contributed by atoms with E-state index in [0.29, 0.717) is 0 Å². The Morgan fingerprint density at radius 1 is 0.900 bits per heavy atom. The highest BCUT2D eigenvalue weighted by molar-refractivity contribution is 5.66. The largest absolute Gasteiger partial charge is 0.0952 e. The van der Waals surface area contributed by atoms with Crippen molar-refractivity contribution in [3.8, 4) is 0 Å². The van der Waals surface area contributed by atoms with Crippen molar-refractivity contribution in [1.29, 1.82) is 0 Å². The lowest BCUT2D eigenvalue weighted by atomic mass is 9.99. The molecule has 0 radical (unpaired) electrons. The monoisotopic (exact) mass is 262 g/mol. The van der Waals surface area contributed by atoms with Crippen LogP contribution in [0.1, 0.15) is 37.3 Å². The van der Waals surface area contributed by atoms with E-state index in [0.717, 1.165) is 19.3 Å². The highest BCUT2D eigenvalue weighted by Gasteiger charge is 2.00. The summed E-state index contributed by atoms with van der Waals surface area (Å²) < 4.78 is 0. The average Bonchev–Trinajstić information content (AvgIpc) is 2.53. The van der Waals surface area contributed by atoms with E-state index in [1.165, 1.54) is 22.3 Å². The smallest absolute Gasteiger partial charge is 0.0228 e. The minimum Gasteiger partial charge on any atom is -0.0952 e. The summed E-state index contributed by atoms with van der Waals surface area (Å²) in [5.74, 6) is 0. The van der Waals surface area contributed by atoms with Gasteiger partial charge >= 0.3 is 0 Å². The standard InChI is InChI=1S/C20H22/c1-3-18(20-14-8-5-9-15-20)16-10-11-17(2)19-12-6-4-7-13-19/h4-9,12-16H,2-3,10-11H2,1H3. The fourth-order valence-corrected chi connectivity index (χ4v) is 2.36. The molecular weight excluding hydrogens is 240 g/mol. The highest BCUT2D eigenvalue weighted by Crippen LogP contribution is 2.22. The van der Waals surface area contributed by atoms with Gasteiger partial charge in [-0.05, 0) is 41.5 Å². The SMILES string of the molecule is C=C(CCC=C(CC)c1ccccc1)c1ccccc1. The van der Waals surface area contributed by atoms with Crippen LogP contribution < -0.4 is 0 Å². The minimum absolute atomic E-state index is 1.01. The first-order valence-electron chi connectivity index (χ1n) is 7.29. The van der Waals surface area contributed by atoms with Crippen molar-refractivity contribution in [2.45, 2.75) is 26.2 Å². The molecule has 0 aliphatic heterocycles. The van der Waals surface area contributed by atoms with Gasteiger partial charge in [-0.3, -0.25) is 0 Å². The van der Waals surface area contributed by atoms with Crippen molar-refractivity contribution in [1.82, 2.24) is 0 Å². The second-order valence-corrected chi connectivity index (χ2v) is 4.96. The second-order valence-electron chi connectivity index (χ2n) is 4.96. The summed E-state index contributed by atoms with van der Waals surface area (Å²) in [4.78, 5) is 0. The maximum absolute atomic E-state index is 4.19. The van der Waals surface area contributed by atoms with Crippen LogP contribution in [0.15, 0.2) is 73.3 Å². The Kier molecular flexibility index (Phi) is 5.37. The van der Waals surface area contributed by atoms with Crippen LogP contribution in [0.3, 0.4) is 0 Å². The van der Waals surface area contributed by atoms with Crippen LogP contribution in [0.5, 0.6) is 0 Å². The van der Waals surface area contributed by atoms with E-state index in [4.69, 9.17) is 0 Å². The van der Waals surface area contributed by atoms with Gasteiger partial charge in [0.2, 0.25) is 0 Å². The van der Waals surface area contributed by atoms with Crippen molar-refractivity contribution in [2.75, 3.05) is 0 Å². The van der Waals surface area contributed by atoms with Gasteiger partial charge in [-0.25, -0.2) is 0 Å². The fraction of sp³-hybridized carbons (Fsp3) is 0.200. The van der Waals surface area contributed by atoms with E-state index in [9.17, 15) is 0 Å². The van der Waals surface area contributed by atoms with E-state index in [-0.39, 0.29) is 0 Å². The molecule has 0 fully saturated rings. The normalized spacial score (nSPS) is 11.3. The van der Waals surface area contributed by atoms with Gasteiger partial charge in [-0.2, -0.15) is 0 Å². The number of hydrogen-bond donors (Lipinski definition) is 0. The summed E-state index contributed by atoms with van der Waals surface area (Å²) in [7, 11) is 0.